The number of nitrogens with one attached hydrogen (secondary N) is 1. The molecule has 6 nitrogen and oxygen atoms in total. The highest BCUT2D eigenvalue weighted by Gasteiger charge is 2.70. The molecular formula is C19H21F3N4O2. The molecule has 9 heteroatoms. The number of alkyl carbamates (subject to hydrolysis) is 1. The van der Waals surface area contributed by atoms with Gasteiger partial charge in [0, 0.05) is 18.0 Å². The molecule has 5 rings (SSSR count). The fraction of sp³-hybridized carbons (Fsp3) is 0.526. The molecule has 0 unspecified atom stereocenters. The highest BCUT2D eigenvalue weighted by Crippen LogP contribution is 2.65. The number of hydrogen-bond donors (Lipinski definition) is 1. The molecule has 0 saturated heterocycles. The fourth-order valence-electron chi connectivity index (χ4n) is 4.11. The van der Waals surface area contributed by atoms with Gasteiger partial charge in [0.2, 0.25) is 0 Å². The van der Waals surface area contributed by atoms with Gasteiger partial charge in [0.25, 0.3) is 0 Å². The van der Waals surface area contributed by atoms with Crippen LogP contribution in [0, 0.1) is 0 Å². The van der Waals surface area contributed by atoms with Crippen molar-refractivity contribution in [3.63, 3.8) is 0 Å². The molecule has 0 radical (unpaired) electrons. The maximum atomic E-state index is 12.6. The van der Waals surface area contributed by atoms with E-state index >= 15 is 0 Å². The highest BCUT2D eigenvalue weighted by molar-refractivity contribution is 5.70. The van der Waals surface area contributed by atoms with E-state index in [-0.39, 0.29) is 11.1 Å². The number of pyridine rings is 1. The lowest BCUT2D eigenvalue weighted by Gasteiger charge is -2.70. The summed E-state index contributed by atoms with van der Waals surface area (Å²) in [6, 6.07) is 2.32. The number of halogens is 3. The van der Waals surface area contributed by atoms with E-state index in [0.717, 1.165) is 25.3 Å². The van der Waals surface area contributed by atoms with Crippen LogP contribution in [0.3, 0.4) is 0 Å². The molecule has 3 aliphatic rings. The molecule has 1 amide bonds. The number of carbonyl (C=O) groups is 1. The average molecular weight is 394 g/mol. The van der Waals surface area contributed by atoms with E-state index in [1.165, 1.54) is 12.3 Å². The summed E-state index contributed by atoms with van der Waals surface area (Å²) in [4.78, 5) is 19.8. The van der Waals surface area contributed by atoms with E-state index in [4.69, 9.17) is 4.74 Å². The van der Waals surface area contributed by atoms with Crippen molar-refractivity contribution in [3.05, 3.63) is 36.5 Å². The predicted octanol–water partition coefficient (Wildman–Crippen LogP) is 4.12. The zero-order chi connectivity index (χ0) is 20.4. The average Bonchev–Trinajstić information content (AvgIpc) is 2.96. The van der Waals surface area contributed by atoms with Gasteiger partial charge in [-0.1, -0.05) is 0 Å². The summed E-state index contributed by atoms with van der Waals surface area (Å²) in [7, 11) is 0. The fourth-order valence-corrected chi connectivity index (χ4v) is 4.11. The van der Waals surface area contributed by atoms with Crippen LogP contribution in [0.25, 0.3) is 11.3 Å². The van der Waals surface area contributed by atoms with Gasteiger partial charge in [0.05, 0.1) is 23.1 Å². The maximum Gasteiger partial charge on any atom is 0.433 e. The van der Waals surface area contributed by atoms with E-state index in [0.29, 0.717) is 11.3 Å². The number of carbonyl (C=O) groups excluding carboxylic acids is 1. The third kappa shape index (κ3) is 3.22. The molecule has 2 aromatic rings. The first-order valence-electron chi connectivity index (χ1n) is 8.99. The minimum Gasteiger partial charge on any atom is -0.444 e. The van der Waals surface area contributed by atoms with Crippen molar-refractivity contribution in [2.24, 2.45) is 0 Å². The Labute approximate surface area is 160 Å². The lowest BCUT2D eigenvalue weighted by atomic mass is 9.44. The Morgan fingerprint density at radius 2 is 1.86 bits per heavy atom. The topological polar surface area (TPSA) is 69.0 Å². The first-order valence-corrected chi connectivity index (χ1v) is 8.99. The molecule has 3 fully saturated rings. The molecule has 3 aliphatic carbocycles. The number of hydrogen-bond acceptors (Lipinski definition) is 4. The summed E-state index contributed by atoms with van der Waals surface area (Å²) >= 11 is 0. The monoisotopic (exact) mass is 394 g/mol. The Kier molecular flexibility index (Phi) is 3.83. The van der Waals surface area contributed by atoms with Crippen molar-refractivity contribution in [3.8, 4) is 11.3 Å². The smallest absolute Gasteiger partial charge is 0.433 e. The molecule has 0 aliphatic heterocycles. The van der Waals surface area contributed by atoms with Crippen molar-refractivity contribution >= 4 is 6.09 Å². The zero-order valence-corrected chi connectivity index (χ0v) is 15.8. The normalized spacial score (nSPS) is 26.2. The van der Waals surface area contributed by atoms with Crippen molar-refractivity contribution in [2.75, 3.05) is 0 Å². The minimum atomic E-state index is -4.46. The summed E-state index contributed by atoms with van der Waals surface area (Å²) < 4.78 is 45.2. The second-order valence-corrected chi connectivity index (χ2v) is 8.76. The van der Waals surface area contributed by atoms with Gasteiger partial charge in [-0.3, -0.25) is 4.98 Å². The van der Waals surface area contributed by atoms with Crippen LogP contribution in [-0.2, 0) is 16.5 Å². The summed E-state index contributed by atoms with van der Waals surface area (Å²) in [5.41, 5.74) is -0.701. The van der Waals surface area contributed by atoms with Crippen LogP contribution in [0.2, 0.25) is 0 Å². The van der Waals surface area contributed by atoms with Gasteiger partial charge in [-0.2, -0.15) is 13.2 Å². The molecule has 2 bridgehead atoms. The second-order valence-electron chi connectivity index (χ2n) is 8.76. The van der Waals surface area contributed by atoms with E-state index in [9.17, 15) is 18.0 Å². The summed E-state index contributed by atoms with van der Waals surface area (Å²) in [6.07, 6.45) is 2.15. The largest absolute Gasteiger partial charge is 0.444 e. The van der Waals surface area contributed by atoms with Gasteiger partial charge in [-0.15, -0.1) is 0 Å². The third-order valence-corrected chi connectivity index (χ3v) is 5.25. The Morgan fingerprint density at radius 3 is 2.39 bits per heavy atom. The van der Waals surface area contributed by atoms with Crippen LogP contribution in [-0.4, -0.2) is 31.8 Å². The van der Waals surface area contributed by atoms with Crippen molar-refractivity contribution in [1.29, 1.82) is 0 Å². The third-order valence-electron chi connectivity index (χ3n) is 5.25. The summed E-state index contributed by atoms with van der Waals surface area (Å²) in [5.74, 6) is 0. The van der Waals surface area contributed by atoms with Crippen molar-refractivity contribution in [1.82, 2.24) is 19.9 Å². The number of imidazole rings is 1. The van der Waals surface area contributed by atoms with E-state index in [1.807, 2.05) is 31.5 Å². The van der Waals surface area contributed by atoms with E-state index in [1.54, 1.807) is 6.33 Å². The van der Waals surface area contributed by atoms with Crippen LogP contribution >= 0.6 is 0 Å². The molecule has 2 aromatic heterocycles. The molecule has 0 spiro atoms. The molecule has 1 N–H and O–H groups in total. The van der Waals surface area contributed by atoms with E-state index in [2.05, 4.69) is 15.3 Å². The van der Waals surface area contributed by atoms with Gasteiger partial charge in [-0.05, 0) is 52.2 Å². The first-order chi connectivity index (χ1) is 12.9. The van der Waals surface area contributed by atoms with Gasteiger partial charge in [0.15, 0.2) is 0 Å². The molecule has 150 valence electrons. The van der Waals surface area contributed by atoms with Crippen LogP contribution in [0.1, 0.15) is 45.7 Å². The molecule has 28 heavy (non-hydrogen) atoms. The van der Waals surface area contributed by atoms with Crippen molar-refractivity contribution < 1.29 is 22.7 Å². The number of ether oxygens (including phenoxy) is 1. The van der Waals surface area contributed by atoms with Gasteiger partial charge in [0.1, 0.15) is 11.3 Å². The first kappa shape index (κ1) is 18.8. The zero-order valence-electron chi connectivity index (χ0n) is 15.8. The lowest BCUT2D eigenvalue weighted by molar-refractivity contribution is -0.141. The molecule has 0 atom stereocenters. The SMILES string of the molecule is CC(C)(C)OC(=O)NC12CC(n3cnc(-c4ccc(C(F)(F)F)nc4)c3)(C1)C2. The Bertz CT molecular complexity index is 893. The molecular weight excluding hydrogens is 373 g/mol. The Morgan fingerprint density at radius 1 is 1.18 bits per heavy atom. The Hall–Kier alpha value is -2.58. The van der Waals surface area contributed by atoms with Crippen LogP contribution in [0.4, 0.5) is 18.0 Å². The minimum absolute atomic E-state index is 0.0976. The summed E-state index contributed by atoms with van der Waals surface area (Å²) in [6.45, 7) is 5.46. The number of rotatable bonds is 3. The molecule has 2 heterocycles. The van der Waals surface area contributed by atoms with E-state index < -0.39 is 23.6 Å². The highest BCUT2D eigenvalue weighted by atomic mass is 19.4. The van der Waals surface area contributed by atoms with Crippen LogP contribution < -0.4 is 5.32 Å². The Balaban J connectivity index is 1.40. The quantitative estimate of drug-likeness (QED) is 0.850. The van der Waals surface area contributed by atoms with Gasteiger partial charge >= 0.3 is 12.3 Å². The number of nitrogens with zero attached hydrogens (tertiary/aromatic N) is 3. The number of amides is 1. The number of alkyl halides is 3. The van der Waals surface area contributed by atoms with Crippen LogP contribution in [0.5, 0.6) is 0 Å². The van der Waals surface area contributed by atoms with Crippen LogP contribution in [0.15, 0.2) is 30.9 Å². The van der Waals surface area contributed by atoms with Gasteiger partial charge in [-0.25, -0.2) is 9.78 Å². The van der Waals surface area contributed by atoms with Crippen molar-refractivity contribution in [2.45, 2.75) is 62.9 Å². The van der Waals surface area contributed by atoms with Gasteiger partial charge < -0.3 is 14.6 Å². The lowest BCUT2D eigenvalue weighted by Crippen LogP contribution is -2.78. The standard InChI is InChI=1S/C19H21F3N4O2/c1-16(2,3)28-15(27)25-17-8-18(9-17,10-17)26-7-13(24-11-26)12-4-5-14(23-6-12)19(20,21)22/h4-7,11H,8-10H2,1-3H3,(H,25,27). The predicted molar refractivity (Wildman–Crippen MR) is 94.4 cm³/mol. The number of aromatic nitrogens is 3. The maximum absolute atomic E-state index is 12.6. The molecule has 3 saturated carbocycles. The summed E-state index contributed by atoms with van der Waals surface area (Å²) in [5, 5.41) is 2.96. The second kappa shape index (κ2) is 5.71. The molecule has 0 aromatic carbocycles.